The van der Waals surface area contributed by atoms with Crippen molar-refractivity contribution in [1.29, 1.82) is 0 Å². The number of hydrogen-bond donors (Lipinski definition) is 1. The molecule has 1 amide bonds. The summed E-state index contributed by atoms with van der Waals surface area (Å²) < 4.78 is 10.4. The Bertz CT molecular complexity index is 826. The van der Waals surface area contributed by atoms with Crippen LogP contribution >= 0.6 is 0 Å². The van der Waals surface area contributed by atoms with Gasteiger partial charge in [-0.25, -0.2) is 4.98 Å². The molecule has 2 heterocycles. The highest BCUT2D eigenvalue weighted by molar-refractivity contribution is 6.03. The van der Waals surface area contributed by atoms with Crippen LogP contribution in [0.3, 0.4) is 0 Å². The molecule has 7 nitrogen and oxygen atoms in total. The second-order valence-electron chi connectivity index (χ2n) is 5.22. The van der Waals surface area contributed by atoms with Crippen LogP contribution in [0.2, 0.25) is 0 Å². The second-order valence-corrected chi connectivity index (χ2v) is 5.22. The highest BCUT2D eigenvalue weighted by atomic mass is 16.5. The van der Waals surface area contributed by atoms with Crippen LogP contribution < -0.4 is 10.1 Å². The van der Waals surface area contributed by atoms with Gasteiger partial charge in [-0.05, 0) is 42.8 Å². The fraction of sp³-hybridized carbons (Fsp3) is 0.176. The van der Waals surface area contributed by atoms with E-state index in [1.54, 1.807) is 43.5 Å². The van der Waals surface area contributed by atoms with Crippen molar-refractivity contribution in [3.63, 3.8) is 0 Å². The molecule has 0 aliphatic heterocycles. The van der Waals surface area contributed by atoms with Gasteiger partial charge in [-0.3, -0.25) is 4.79 Å². The number of pyridine rings is 1. The van der Waals surface area contributed by atoms with Crippen molar-refractivity contribution in [2.24, 2.45) is 0 Å². The summed E-state index contributed by atoms with van der Waals surface area (Å²) in [4.78, 5) is 20.4. The van der Waals surface area contributed by atoms with Gasteiger partial charge in [0.1, 0.15) is 11.6 Å². The first kappa shape index (κ1) is 15.7. The van der Waals surface area contributed by atoms with E-state index in [0.29, 0.717) is 28.8 Å². The maximum absolute atomic E-state index is 12.2. The van der Waals surface area contributed by atoms with Gasteiger partial charge >= 0.3 is 0 Å². The van der Waals surface area contributed by atoms with E-state index in [-0.39, 0.29) is 12.5 Å². The summed E-state index contributed by atoms with van der Waals surface area (Å²) >= 11 is 0. The Hall–Kier alpha value is -3.22. The first-order valence-corrected chi connectivity index (χ1v) is 7.36. The van der Waals surface area contributed by atoms with Crippen LogP contribution in [0.15, 0.2) is 47.1 Å². The van der Waals surface area contributed by atoms with Crippen LogP contribution in [0.25, 0.3) is 0 Å². The predicted molar refractivity (Wildman–Crippen MR) is 86.7 cm³/mol. The molecule has 0 aliphatic rings. The van der Waals surface area contributed by atoms with Gasteiger partial charge in [-0.1, -0.05) is 11.2 Å². The molecule has 0 bridgehead atoms. The van der Waals surface area contributed by atoms with Crippen LogP contribution in [-0.4, -0.2) is 21.0 Å². The standard InChI is InChI=1S/C17H16N4O3/c1-11-3-8-15(18-9-11)20-17(22)13-4-6-14(7-5-13)23-10-16-19-12(2)24-21-16/h3-9H,10H2,1-2H3,(H,18,20,22). The normalized spacial score (nSPS) is 10.4. The summed E-state index contributed by atoms with van der Waals surface area (Å²) in [6, 6.07) is 10.4. The molecule has 7 heteroatoms. The maximum Gasteiger partial charge on any atom is 0.256 e. The summed E-state index contributed by atoms with van der Waals surface area (Å²) in [6.45, 7) is 3.86. The molecule has 0 fully saturated rings. The highest BCUT2D eigenvalue weighted by Gasteiger charge is 2.08. The number of nitrogens with one attached hydrogen (secondary N) is 1. The Balaban J connectivity index is 1.59. The van der Waals surface area contributed by atoms with E-state index >= 15 is 0 Å². The van der Waals surface area contributed by atoms with Crippen LogP contribution in [-0.2, 0) is 6.61 Å². The third-order valence-corrected chi connectivity index (χ3v) is 3.21. The van der Waals surface area contributed by atoms with Crippen molar-refractivity contribution in [1.82, 2.24) is 15.1 Å². The number of aromatic nitrogens is 3. The van der Waals surface area contributed by atoms with Gasteiger partial charge in [0.15, 0.2) is 6.61 Å². The van der Waals surface area contributed by atoms with Crippen molar-refractivity contribution in [3.8, 4) is 5.75 Å². The molecule has 0 atom stereocenters. The fourth-order valence-corrected chi connectivity index (χ4v) is 1.98. The van der Waals surface area contributed by atoms with Crippen molar-refractivity contribution in [2.75, 3.05) is 5.32 Å². The van der Waals surface area contributed by atoms with Crippen molar-refractivity contribution < 1.29 is 14.1 Å². The second kappa shape index (κ2) is 6.91. The van der Waals surface area contributed by atoms with E-state index in [1.165, 1.54) is 0 Å². The predicted octanol–water partition coefficient (Wildman–Crippen LogP) is 2.91. The highest BCUT2D eigenvalue weighted by Crippen LogP contribution is 2.15. The van der Waals surface area contributed by atoms with Crippen molar-refractivity contribution in [3.05, 3.63) is 65.4 Å². The number of carbonyl (C=O) groups excluding carboxylic acids is 1. The van der Waals surface area contributed by atoms with Crippen LogP contribution in [0.1, 0.15) is 27.6 Å². The van der Waals surface area contributed by atoms with Gasteiger partial charge in [0, 0.05) is 18.7 Å². The lowest BCUT2D eigenvalue weighted by Gasteiger charge is -2.06. The summed E-state index contributed by atoms with van der Waals surface area (Å²) in [6.07, 6.45) is 1.70. The van der Waals surface area contributed by atoms with E-state index in [0.717, 1.165) is 5.56 Å². The van der Waals surface area contributed by atoms with E-state index in [1.807, 2.05) is 13.0 Å². The molecule has 24 heavy (non-hydrogen) atoms. The van der Waals surface area contributed by atoms with Gasteiger partial charge in [0.2, 0.25) is 11.7 Å². The molecule has 3 aromatic rings. The van der Waals surface area contributed by atoms with Gasteiger partial charge in [-0.15, -0.1) is 0 Å². The lowest BCUT2D eigenvalue weighted by Crippen LogP contribution is -2.12. The number of hydrogen-bond acceptors (Lipinski definition) is 6. The fourth-order valence-electron chi connectivity index (χ4n) is 1.98. The number of nitrogens with zero attached hydrogens (tertiary/aromatic N) is 3. The molecule has 0 saturated heterocycles. The summed E-state index contributed by atoms with van der Waals surface area (Å²) in [5, 5.41) is 6.49. The molecule has 2 aromatic heterocycles. The minimum Gasteiger partial charge on any atom is -0.485 e. The monoisotopic (exact) mass is 324 g/mol. The molecule has 1 aromatic carbocycles. The number of amides is 1. The minimum absolute atomic E-state index is 0.205. The number of aryl methyl sites for hydroxylation is 2. The first-order valence-electron chi connectivity index (χ1n) is 7.36. The third kappa shape index (κ3) is 3.95. The van der Waals surface area contributed by atoms with Crippen LogP contribution in [0.5, 0.6) is 5.75 Å². The largest absolute Gasteiger partial charge is 0.485 e. The van der Waals surface area contributed by atoms with Gasteiger partial charge < -0.3 is 14.6 Å². The molecule has 0 unspecified atom stereocenters. The van der Waals surface area contributed by atoms with Crippen LogP contribution in [0.4, 0.5) is 5.82 Å². The summed E-state index contributed by atoms with van der Waals surface area (Å²) in [5.74, 6) is 1.86. The minimum atomic E-state index is -0.230. The molecule has 0 spiro atoms. The third-order valence-electron chi connectivity index (χ3n) is 3.21. The molecular weight excluding hydrogens is 308 g/mol. The van der Waals surface area contributed by atoms with Gasteiger partial charge in [-0.2, -0.15) is 4.98 Å². The Kier molecular flexibility index (Phi) is 4.51. The molecular formula is C17H16N4O3. The molecule has 0 aliphatic carbocycles. The smallest absolute Gasteiger partial charge is 0.256 e. The molecule has 3 rings (SSSR count). The Labute approximate surface area is 138 Å². The quantitative estimate of drug-likeness (QED) is 0.776. The molecule has 122 valence electrons. The number of benzene rings is 1. The molecule has 1 N–H and O–H groups in total. The Morgan fingerprint density at radius 2 is 1.96 bits per heavy atom. The van der Waals surface area contributed by atoms with E-state index < -0.39 is 0 Å². The summed E-state index contributed by atoms with van der Waals surface area (Å²) in [7, 11) is 0. The molecule has 0 radical (unpaired) electrons. The average Bonchev–Trinajstić information content (AvgIpc) is 3.01. The average molecular weight is 324 g/mol. The number of carbonyl (C=O) groups is 1. The Morgan fingerprint density at radius 3 is 2.58 bits per heavy atom. The van der Waals surface area contributed by atoms with E-state index in [2.05, 4.69) is 20.4 Å². The van der Waals surface area contributed by atoms with Gasteiger partial charge in [0.25, 0.3) is 5.91 Å². The zero-order chi connectivity index (χ0) is 16.9. The van der Waals surface area contributed by atoms with Gasteiger partial charge in [0.05, 0.1) is 0 Å². The first-order chi connectivity index (χ1) is 11.6. The lowest BCUT2D eigenvalue weighted by atomic mass is 10.2. The zero-order valence-electron chi connectivity index (χ0n) is 13.3. The SMILES string of the molecule is Cc1ccc(NC(=O)c2ccc(OCc3noc(C)n3)cc2)nc1. The summed E-state index contributed by atoms with van der Waals surface area (Å²) in [5.41, 5.74) is 1.55. The number of anilines is 1. The van der Waals surface area contributed by atoms with E-state index in [4.69, 9.17) is 9.26 Å². The van der Waals surface area contributed by atoms with Crippen molar-refractivity contribution >= 4 is 11.7 Å². The lowest BCUT2D eigenvalue weighted by molar-refractivity contribution is 0.102. The van der Waals surface area contributed by atoms with Crippen LogP contribution in [0, 0.1) is 13.8 Å². The topological polar surface area (TPSA) is 90.1 Å². The zero-order valence-corrected chi connectivity index (χ0v) is 13.3. The number of rotatable bonds is 5. The van der Waals surface area contributed by atoms with E-state index in [9.17, 15) is 4.79 Å². The maximum atomic E-state index is 12.2. The Morgan fingerprint density at radius 1 is 1.17 bits per heavy atom. The van der Waals surface area contributed by atoms with Crippen molar-refractivity contribution in [2.45, 2.75) is 20.5 Å². The molecule has 0 saturated carbocycles. The number of ether oxygens (including phenoxy) is 1.